The standard InChI is InChI=1S/C21H33F3N4O/c1-17-19(26-6-9-27-7-2-3-8-27)12-18(29-16-21(24,14-22)15-23)13-20(17)28-10-4-25-5-11-28/h12-13,25-26H,2-11,14-16H2,1H3. The van der Waals surface area contributed by atoms with Crippen LogP contribution in [-0.2, 0) is 0 Å². The van der Waals surface area contributed by atoms with E-state index in [2.05, 4.69) is 27.4 Å². The number of anilines is 2. The van der Waals surface area contributed by atoms with Gasteiger partial charge in [-0.25, -0.2) is 13.2 Å². The summed E-state index contributed by atoms with van der Waals surface area (Å²) in [6.07, 6.45) is 2.51. The maximum atomic E-state index is 14.0. The molecular weight excluding hydrogens is 381 g/mol. The SMILES string of the molecule is Cc1c(NCCN2CCCC2)cc(OCC(F)(CF)CF)cc1N1CCNCC1. The van der Waals surface area contributed by atoms with Crippen LogP contribution in [0.15, 0.2) is 12.1 Å². The van der Waals surface area contributed by atoms with Crippen LogP contribution in [0.1, 0.15) is 18.4 Å². The predicted molar refractivity (Wildman–Crippen MR) is 112 cm³/mol. The number of piperazine rings is 1. The lowest BCUT2D eigenvalue weighted by atomic mass is 10.1. The van der Waals surface area contributed by atoms with E-state index in [-0.39, 0.29) is 0 Å². The highest BCUT2D eigenvalue weighted by molar-refractivity contribution is 5.69. The number of alkyl halides is 3. The molecule has 1 aromatic rings. The van der Waals surface area contributed by atoms with Gasteiger partial charge in [0.1, 0.15) is 25.7 Å². The molecule has 2 heterocycles. The lowest BCUT2D eigenvalue weighted by Gasteiger charge is -2.32. The third-order valence-electron chi connectivity index (χ3n) is 5.73. The van der Waals surface area contributed by atoms with Gasteiger partial charge in [0.25, 0.3) is 0 Å². The minimum absolute atomic E-state index is 0.428. The number of hydrogen-bond donors (Lipinski definition) is 2. The molecule has 0 atom stereocenters. The summed E-state index contributed by atoms with van der Waals surface area (Å²) >= 11 is 0. The Labute approximate surface area is 171 Å². The van der Waals surface area contributed by atoms with Crippen LogP contribution in [0.2, 0.25) is 0 Å². The first-order chi connectivity index (χ1) is 14.0. The molecule has 0 aliphatic carbocycles. The number of ether oxygens (including phenoxy) is 1. The summed E-state index contributed by atoms with van der Waals surface area (Å²) in [6, 6.07) is 3.66. The van der Waals surface area contributed by atoms with Crippen LogP contribution in [0.4, 0.5) is 24.5 Å². The summed E-state index contributed by atoms with van der Waals surface area (Å²) in [5, 5.41) is 6.81. The van der Waals surface area contributed by atoms with E-state index < -0.39 is 25.6 Å². The fourth-order valence-electron chi connectivity index (χ4n) is 3.85. The van der Waals surface area contributed by atoms with Gasteiger partial charge in [-0.1, -0.05) is 0 Å². The van der Waals surface area contributed by atoms with E-state index in [1.54, 1.807) is 0 Å². The minimum Gasteiger partial charge on any atom is -0.490 e. The molecule has 0 aromatic heterocycles. The molecule has 0 spiro atoms. The average Bonchev–Trinajstić information content (AvgIpc) is 3.28. The van der Waals surface area contributed by atoms with Gasteiger partial charge in [-0.05, 0) is 38.4 Å². The fourth-order valence-corrected chi connectivity index (χ4v) is 3.85. The van der Waals surface area contributed by atoms with Gasteiger partial charge in [0.15, 0.2) is 0 Å². The molecule has 0 radical (unpaired) electrons. The summed E-state index contributed by atoms with van der Waals surface area (Å²) < 4.78 is 45.2. The normalized spacial score (nSPS) is 18.3. The Kier molecular flexibility index (Phi) is 7.89. The number of rotatable bonds is 10. The summed E-state index contributed by atoms with van der Waals surface area (Å²) in [4.78, 5) is 4.69. The highest BCUT2D eigenvalue weighted by atomic mass is 19.2. The zero-order valence-electron chi connectivity index (χ0n) is 17.3. The van der Waals surface area contributed by atoms with Crippen molar-refractivity contribution in [1.82, 2.24) is 10.2 Å². The minimum atomic E-state index is -2.59. The molecule has 2 aliphatic heterocycles. The van der Waals surface area contributed by atoms with Gasteiger partial charge in [-0.15, -0.1) is 0 Å². The Morgan fingerprint density at radius 1 is 1.10 bits per heavy atom. The fraction of sp³-hybridized carbons (Fsp3) is 0.714. The zero-order chi connectivity index (χ0) is 20.7. The molecular formula is C21H33F3N4O. The molecule has 8 heteroatoms. The summed E-state index contributed by atoms with van der Waals surface area (Å²) in [5.74, 6) is 0.428. The van der Waals surface area contributed by atoms with Crippen molar-refractivity contribution in [1.29, 1.82) is 0 Å². The molecule has 2 fully saturated rings. The summed E-state index contributed by atoms with van der Waals surface area (Å²) in [6.45, 7) is 6.15. The summed E-state index contributed by atoms with van der Waals surface area (Å²) in [5.41, 5.74) is 0.435. The molecule has 3 rings (SSSR count). The number of benzene rings is 1. The Morgan fingerprint density at radius 2 is 1.79 bits per heavy atom. The van der Waals surface area contributed by atoms with Gasteiger partial charge in [0.2, 0.25) is 5.67 Å². The van der Waals surface area contributed by atoms with Crippen LogP contribution in [0.5, 0.6) is 5.75 Å². The van der Waals surface area contributed by atoms with E-state index in [0.29, 0.717) is 5.75 Å². The second-order valence-corrected chi connectivity index (χ2v) is 8.03. The van der Waals surface area contributed by atoms with Gasteiger partial charge in [0, 0.05) is 62.8 Å². The lowest BCUT2D eigenvalue weighted by molar-refractivity contribution is 0.0351. The molecule has 1 aromatic carbocycles. The van der Waals surface area contributed by atoms with Crippen molar-refractivity contribution < 1.29 is 17.9 Å². The number of nitrogens with zero attached hydrogens (tertiary/aromatic N) is 2. The molecule has 2 aliphatic rings. The number of nitrogens with one attached hydrogen (secondary N) is 2. The molecule has 29 heavy (non-hydrogen) atoms. The zero-order valence-corrected chi connectivity index (χ0v) is 17.3. The van der Waals surface area contributed by atoms with Crippen LogP contribution < -0.4 is 20.3 Å². The highest BCUT2D eigenvalue weighted by Crippen LogP contribution is 2.33. The van der Waals surface area contributed by atoms with Crippen LogP contribution in [0.3, 0.4) is 0 Å². The second-order valence-electron chi connectivity index (χ2n) is 8.03. The first-order valence-electron chi connectivity index (χ1n) is 10.5. The summed E-state index contributed by atoms with van der Waals surface area (Å²) in [7, 11) is 0. The lowest BCUT2D eigenvalue weighted by Crippen LogP contribution is -2.43. The number of halogens is 3. The van der Waals surface area contributed by atoms with E-state index in [4.69, 9.17) is 4.74 Å². The van der Waals surface area contributed by atoms with E-state index in [0.717, 1.165) is 69.3 Å². The molecule has 0 bridgehead atoms. The molecule has 0 unspecified atom stereocenters. The molecule has 2 N–H and O–H groups in total. The Balaban J connectivity index is 1.74. The number of hydrogen-bond acceptors (Lipinski definition) is 5. The maximum Gasteiger partial charge on any atom is 0.200 e. The van der Waals surface area contributed by atoms with Crippen LogP contribution in [0.25, 0.3) is 0 Å². The Morgan fingerprint density at radius 3 is 2.45 bits per heavy atom. The molecule has 0 amide bonds. The largest absolute Gasteiger partial charge is 0.490 e. The van der Waals surface area contributed by atoms with Crippen molar-refractivity contribution in [2.24, 2.45) is 0 Å². The smallest absolute Gasteiger partial charge is 0.200 e. The van der Waals surface area contributed by atoms with Gasteiger partial charge in [-0.3, -0.25) is 0 Å². The quantitative estimate of drug-likeness (QED) is 0.616. The first kappa shape index (κ1) is 22.0. The van der Waals surface area contributed by atoms with Gasteiger partial charge in [0.05, 0.1) is 0 Å². The van der Waals surface area contributed by atoms with E-state index >= 15 is 0 Å². The Bertz CT molecular complexity index is 645. The maximum absolute atomic E-state index is 14.0. The van der Waals surface area contributed by atoms with Crippen molar-refractivity contribution in [2.75, 3.05) is 82.5 Å². The Hall–Kier alpha value is -1.67. The van der Waals surface area contributed by atoms with Gasteiger partial charge < -0.3 is 25.2 Å². The highest BCUT2D eigenvalue weighted by Gasteiger charge is 2.31. The van der Waals surface area contributed by atoms with Gasteiger partial charge in [-0.2, -0.15) is 0 Å². The third-order valence-corrected chi connectivity index (χ3v) is 5.73. The number of likely N-dealkylation sites (tertiary alicyclic amines) is 1. The first-order valence-corrected chi connectivity index (χ1v) is 10.5. The molecule has 0 saturated carbocycles. The third kappa shape index (κ3) is 5.92. The van der Waals surface area contributed by atoms with Crippen molar-refractivity contribution in [3.8, 4) is 5.75 Å². The average molecular weight is 415 g/mol. The van der Waals surface area contributed by atoms with Crippen molar-refractivity contribution >= 4 is 11.4 Å². The van der Waals surface area contributed by atoms with E-state index in [1.807, 2.05) is 12.1 Å². The monoisotopic (exact) mass is 414 g/mol. The predicted octanol–water partition coefficient (Wildman–Crippen LogP) is 2.94. The van der Waals surface area contributed by atoms with Crippen LogP contribution in [-0.4, -0.2) is 82.9 Å². The molecule has 2 saturated heterocycles. The van der Waals surface area contributed by atoms with Crippen molar-refractivity contribution in [3.05, 3.63) is 17.7 Å². The molecule has 164 valence electrons. The van der Waals surface area contributed by atoms with Crippen molar-refractivity contribution in [3.63, 3.8) is 0 Å². The van der Waals surface area contributed by atoms with E-state index in [1.165, 1.54) is 12.8 Å². The van der Waals surface area contributed by atoms with Crippen LogP contribution >= 0.6 is 0 Å². The van der Waals surface area contributed by atoms with Crippen LogP contribution in [0, 0.1) is 6.92 Å². The van der Waals surface area contributed by atoms with Gasteiger partial charge >= 0.3 is 0 Å². The second kappa shape index (κ2) is 10.4. The molecule has 5 nitrogen and oxygen atoms in total. The topological polar surface area (TPSA) is 39.8 Å². The van der Waals surface area contributed by atoms with Crippen molar-refractivity contribution in [2.45, 2.75) is 25.4 Å². The van der Waals surface area contributed by atoms with E-state index in [9.17, 15) is 13.2 Å².